The van der Waals surface area contributed by atoms with Gasteiger partial charge in [-0.15, -0.1) is 0 Å². The van der Waals surface area contributed by atoms with Crippen LogP contribution in [0.15, 0.2) is 78.9 Å². The molecule has 1 aliphatic rings. The van der Waals surface area contributed by atoms with Gasteiger partial charge in [0.25, 0.3) is 5.91 Å². The lowest BCUT2D eigenvalue weighted by Gasteiger charge is -2.16. The van der Waals surface area contributed by atoms with E-state index in [0.29, 0.717) is 5.57 Å². The molecular weight excluding hydrogens is 301 g/mol. The van der Waals surface area contributed by atoms with E-state index < -0.39 is 0 Å². The molecule has 0 unspecified atom stereocenters. The fourth-order valence-electron chi connectivity index (χ4n) is 2.94. The van der Waals surface area contributed by atoms with Crippen LogP contribution in [0.1, 0.15) is 11.1 Å². The van der Waals surface area contributed by atoms with Crippen molar-refractivity contribution in [1.82, 2.24) is 0 Å². The highest BCUT2D eigenvalue weighted by atomic mass is 19.1. The Morgan fingerprint density at radius 1 is 0.792 bits per heavy atom. The second kappa shape index (κ2) is 5.78. The Bertz CT molecular complexity index is 930. The third-order valence-electron chi connectivity index (χ3n) is 4.06. The van der Waals surface area contributed by atoms with E-state index in [9.17, 15) is 9.18 Å². The van der Waals surface area contributed by atoms with Crippen LogP contribution in [0.25, 0.3) is 11.6 Å². The monoisotopic (exact) mass is 315 g/mol. The maximum absolute atomic E-state index is 13.1. The van der Waals surface area contributed by atoms with Crippen LogP contribution in [0, 0.1) is 5.82 Å². The van der Waals surface area contributed by atoms with Crippen molar-refractivity contribution in [2.24, 2.45) is 0 Å². The molecule has 0 N–H and O–H groups in total. The number of rotatable bonds is 2. The first-order valence-electron chi connectivity index (χ1n) is 7.70. The zero-order valence-electron chi connectivity index (χ0n) is 12.8. The van der Waals surface area contributed by atoms with Gasteiger partial charge >= 0.3 is 0 Å². The van der Waals surface area contributed by atoms with Crippen LogP contribution in [0.5, 0.6) is 0 Å². The lowest BCUT2D eigenvalue weighted by molar-refractivity contribution is -0.112. The van der Waals surface area contributed by atoms with Gasteiger partial charge in [-0.25, -0.2) is 4.39 Å². The molecule has 0 aliphatic carbocycles. The first-order chi connectivity index (χ1) is 11.7. The molecule has 24 heavy (non-hydrogen) atoms. The predicted octanol–water partition coefficient (Wildman–Crippen LogP) is 5.04. The van der Waals surface area contributed by atoms with Crippen LogP contribution in [-0.2, 0) is 4.79 Å². The number of nitrogens with zero attached hydrogens (tertiary/aromatic N) is 1. The predicted molar refractivity (Wildman–Crippen MR) is 94.3 cm³/mol. The summed E-state index contributed by atoms with van der Waals surface area (Å²) in [5.41, 5.74) is 3.99. The average molecular weight is 315 g/mol. The summed E-state index contributed by atoms with van der Waals surface area (Å²) in [5.74, 6) is -0.368. The molecular formula is C21H14FNO. The third-order valence-corrected chi connectivity index (χ3v) is 4.06. The summed E-state index contributed by atoms with van der Waals surface area (Å²) in [6.45, 7) is 0. The number of benzene rings is 3. The van der Waals surface area contributed by atoms with E-state index in [4.69, 9.17) is 0 Å². The van der Waals surface area contributed by atoms with Crippen LogP contribution in [0.4, 0.5) is 15.8 Å². The highest BCUT2D eigenvalue weighted by molar-refractivity contribution is 6.37. The molecule has 3 aromatic carbocycles. The molecule has 0 saturated heterocycles. The largest absolute Gasteiger partial charge is 0.276 e. The summed E-state index contributed by atoms with van der Waals surface area (Å²) in [5, 5.41) is 0. The van der Waals surface area contributed by atoms with Crippen LogP contribution in [0.3, 0.4) is 0 Å². The van der Waals surface area contributed by atoms with Gasteiger partial charge in [0.2, 0.25) is 0 Å². The summed E-state index contributed by atoms with van der Waals surface area (Å²) in [6, 6.07) is 23.4. The molecule has 4 rings (SSSR count). The molecule has 1 amide bonds. The van der Waals surface area contributed by atoms with Crippen molar-refractivity contribution in [2.75, 3.05) is 4.90 Å². The van der Waals surface area contributed by atoms with Crippen LogP contribution >= 0.6 is 0 Å². The van der Waals surface area contributed by atoms with Crippen molar-refractivity contribution >= 4 is 28.9 Å². The number of halogens is 1. The quantitative estimate of drug-likeness (QED) is 0.606. The first kappa shape index (κ1) is 14.4. The van der Waals surface area contributed by atoms with Gasteiger partial charge in [-0.1, -0.05) is 48.5 Å². The number of amides is 1. The minimum absolute atomic E-state index is 0.0771. The number of hydrogen-bond acceptors (Lipinski definition) is 1. The van der Waals surface area contributed by atoms with Crippen molar-refractivity contribution in [1.29, 1.82) is 0 Å². The Kier molecular flexibility index (Phi) is 3.47. The minimum Gasteiger partial charge on any atom is -0.276 e. The molecule has 0 bridgehead atoms. The number of anilines is 2. The van der Waals surface area contributed by atoms with Crippen LogP contribution in [-0.4, -0.2) is 5.91 Å². The zero-order chi connectivity index (χ0) is 16.5. The summed E-state index contributed by atoms with van der Waals surface area (Å²) in [4.78, 5) is 14.7. The molecule has 0 atom stereocenters. The van der Waals surface area contributed by atoms with E-state index >= 15 is 0 Å². The highest BCUT2D eigenvalue weighted by Gasteiger charge is 2.32. The Balaban J connectivity index is 1.85. The van der Waals surface area contributed by atoms with E-state index in [1.54, 1.807) is 17.0 Å². The summed E-state index contributed by atoms with van der Waals surface area (Å²) in [7, 11) is 0. The highest BCUT2D eigenvalue weighted by Crippen LogP contribution is 2.41. The van der Waals surface area contributed by atoms with Gasteiger partial charge in [-0.05, 0) is 42.0 Å². The van der Waals surface area contributed by atoms with Crippen molar-refractivity contribution in [3.63, 3.8) is 0 Å². The van der Waals surface area contributed by atoms with E-state index in [-0.39, 0.29) is 11.7 Å². The molecule has 116 valence electrons. The minimum atomic E-state index is -0.291. The van der Waals surface area contributed by atoms with Gasteiger partial charge in [-0.2, -0.15) is 0 Å². The van der Waals surface area contributed by atoms with E-state index in [2.05, 4.69) is 0 Å². The van der Waals surface area contributed by atoms with Gasteiger partial charge in [0, 0.05) is 11.3 Å². The number of carbonyl (C=O) groups excluding carboxylic acids is 1. The lowest BCUT2D eigenvalue weighted by atomic mass is 10.0. The zero-order valence-corrected chi connectivity index (χ0v) is 12.8. The van der Waals surface area contributed by atoms with Gasteiger partial charge in [0.1, 0.15) is 5.82 Å². The smallest absolute Gasteiger partial charge is 0.263 e. The molecule has 0 aromatic heterocycles. The molecule has 2 nitrogen and oxygen atoms in total. The Morgan fingerprint density at radius 2 is 1.46 bits per heavy atom. The number of fused-ring (bicyclic) bond motifs is 1. The van der Waals surface area contributed by atoms with Crippen molar-refractivity contribution in [3.8, 4) is 0 Å². The summed E-state index contributed by atoms with van der Waals surface area (Å²) < 4.78 is 13.1. The Hall–Kier alpha value is -3.20. The Labute approximate surface area is 139 Å². The van der Waals surface area contributed by atoms with Crippen LogP contribution in [0.2, 0.25) is 0 Å². The molecule has 1 heterocycles. The Morgan fingerprint density at radius 3 is 2.21 bits per heavy atom. The molecule has 0 radical (unpaired) electrons. The number of hydrogen-bond donors (Lipinski definition) is 0. The summed E-state index contributed by atoms with van der Waals surface area (Å²) in [6.07, 6.45) is 1.81. The van der Waals surface area contributed by atoms with Gasteiger partial charge < -0.3 is 0 Å². The second-order valence-electron chi connectivity index (χ2n) is 5.60. The molecule has 3 aromatic rings. The van der Waals surface area contributed by atoms with Gasteiger partial charge in [0.05, 0.1) is 11.3 Å². The number of carbonyl (C=O) groups is 1. The van der Waals surface area contributed by atoms with Gasteiger partial charge in [-0.3, -0.25) is 9.69 Å². The molecule has 0 fully saturated rings. The molecule has 0 spiro atoms. The topological polar surface area (TPSA) is 20.3 Å². The standard InChI is InChI=1S/C21H14FNO/c22-16-12-10-15(11-13-16)14-19-18-8-4-5-9-20(18)23(21(19)24)17-6-2-1-3-7-17/h1-14H/b19-14+. The van der Waals surface area contributed by atoms with Crippen molar-refractivity contribution < 1.29 is 9.18 Å². The fourth-order valence-corrected chi connectivity index (χ4v) is 2.94. The number of para-hydroxylation sites is 2. The van der Waals surface area contributed by atoms with Crippen molar-refractivity contribution in [2.45, 2.75) is 0 Å². The van der Waals surface area contributed by atoms with Crippen LogP contribution < -0.4 is 4.90 Å². The first-order valence-corrected chi connectivity index (χ1v) is 7.70. The lowest BCUT2D eigenvalue weighted by Crippen LogP contribution is -2.20. The SMILES string of the molecule is O=C1/C(=C/c2ccc(F)cc2)c2ccccc2N1c1ccccc1. The van der Waals surface area contributed by atoms with Crippen molar-refractivity contribution in [3.05, 3.63) is 95.8 Å². The van der Waals surface area contributed by atoms with E-state index in [1.165, 1.54) is 12.1 Å². The third kappa shape index (κ3) is 2.40. The fraction of sp³-hybridized carbons (Fsp3) is 0. The molecule has 0 saturated carbocycles. The molecule has 1 aliphatic heterocycles. The van der Waals surface area contributed by atoms with E-state index in [1.807, 2.05) is 60.7 Å². The maximum atomic E-state index is 13.1. The van der Waals surface area contributed by atoms with E-state index in [0.717, 1.165) is 22.5 Å². The average Bonchev–Trinajstić information content (AvgIpc) is 2.90. The maximum Gasteiger partial charge on any atom is 0.263 e. The molecule has 3 heteroatoms. The second-order valence-corrected chi connectivity index (χ2v) is 5.60. The normalized spacial score (nSPS) is 15.0. The van der Waals surface area contributed by atoms with Gasteiger partial charge in [0.15, 0.2) is 0 Å². The summed E-state index contributed by atoms with van der Waals surface area (Å²) >= 11 is 0.